The molecule has 0 spiro atoms. The second-order valence-electron chi connectivity index (χ2n) is 4.88. The highest BCUT2D eigenvalue weighted by atomic mass is 79.9. The van der Waals surface area contributed by atoms with Crippen molar-refractivity contribution in [3.63, 3.8) is 0 Å². The van der Waals surface area contributed by atoms with Crippen LogP contribution in [0.4, 0.5) is 4.39 Å². The van der Waals surface area contributed by atoms with Crippen LogP contribution in [-0.2, 0) is 13.2 Å². The van der Waals surface area contributed by atoms with Crippen molar-refractivity contribution in [3.05, 3.63) is 56.8 Å². The van der Waals surface area contributed by atoms with Crippen LogP contribution in [0.5, 0.6) is 11.5 Å². The Morgan fingerprint density at radius 1 is 1.30 bits per heavy atom. The first-order valence-electron chi connectivity index (χ1n) is 7.19. The number of methoxy groups -OCH3 is 1. The Balaban J connectivity index is 2.22. The third-order valence-corrected chi connectivity index (χ3v) is 4.23. The Morgan fingerprint density at radius 2 is 2.09 bits per heavy atom. The average molecular weight is 403 g/mol. The number of ether oxygens (including phenoxy) is 2. The molecule has 0 aliphatic rings. The number of nitrogens with one attached hydrogen (secondary N) is 1. The van der Waals surface area contributed by atoms with Crippen molar-refractivity contribution in [2.45, 2.75) is 20.1 Å². The molecule has 124 valence electrons. The van der Waals surface area contributed by atoms with Crippen molar-refractivity contribution >= 4 is 27.5 Å². The maximum absolute atomic E-state index is 13.8. The van der Waals surface area contributed by atoms with Crippen LogP contribution in [0.15, 0.2) is 34.8 Å². The molecule has 0 aliphatic carbocycles. The van der Waals surface area contributed by atoms with Gasteiger partial charge in [0.1, 0.15) is 12.4 Å². The lowest BCUT2D eigenvalue weighted by molar-refractivity contribution is 0.277. The van der Waals surface area contributed by atoms with Crippen LogP contribution in [0.2, 0.25) is 5.02 Å². The van der Waals surface area contributed by atoms with Crippen LogP contribution < -0.4 is 14.8 Å². The quantitative estimate of drug-likeness (QED) is 0.711. The highest BCUT2D eigenvalue weighted by Gasteiger charge is 2.14. The van der Waals surface area contributed by atoms with Crippen LogP contribution >= 0.6 is 27.5 Å². The van der Waals surface area contributed by atoms with Crippen molar-refractivity contribution in [3.8, 4) is 11.5 Å². The number of hydrogen-bond acceptors (Lipinski definition) is 3. The van der Waals surface area contributed by atoms with E-state index in [4.69, 9.17) is 21.1 Å². The van der Waals surface area contributed by atoms with E-state index in [9.17, 15) is 4.39 Å². The molecule has 0 atom stereocenters. The second-order valence-corrected chi connectivity index (χ2v) is 6.14. The SMILES string of the molecule is CCNCc1cc(Br)c(OCc2c(F)cccc2Cl)c(OC)c1. The van der Waals surface area contributed by atoms with Gasteiger partial charge in [-0.1, -0.05) is 24.6 Å². The number of benzene rings is 2. The van der Waals surface area contributed by atoms with Gasteiger partial charge in [-0.15, -0.1) is 0 Å². The summed E-state index contributed by atoms with van der Waals surface area (Å²) in [6.45, 7) is 3.67. The first-order valence-corrected chi connectivity index (χ1v) is 8.36. The fourth-order valence-corrected chi connectivity index (χ4v) is 2.92. The predicted octanol–water partition coefficient (Wildman–Crippen LogP) is 4.94. The molecule has 1 N–H and O–H groups in total. The van der Waals surface area contributed by atoms with Gasteiger partial charge in [-0.2, -0.15) is 0 Å². The zero-order chi connectivity index (χ0) is 16.8. The minimum Gasteiger partial charge on any atom is -0.493 e. The Kier molecular flexibility index (Phi) is 6.69. The first kappa shape index (κ1) is 18.0. The summed E-state index contributed by atoms with van der Waals surface area (Å²) in [5.74, 6) is 0.711. The lowest BCUT2D eigenvalue weighted by atomic mass is 10.2. The molecule has 0 saturated carbocycles. The highest BCUT2D eigenvalue weighted by molar-refractivity contribution is 9.10. The van der Waals surface area contributed by atoms with Gasteiger partial charge in [0.05, 0.1) is 16.6 Å². The third-order valence-electron chi connectivity index (χ3n) is 3.29. The number of halogens is 3. The van der Waals surface area contributed by atoms with E-state index in [0.717, 1.165) is 23.1 Å². The predicted molar refractivity (Wildman–Crippen MR) is 93.8 cm³/mol. The summed E-state index contributed by atoms with van der Waals surface area (Å²) >= 11 is 9.50. The van der Waals surface area contributed by atoms with Gasteiger partial charge in [-0.25, -0.2) is 4.39 Å². The van der Waals surface area contributed by atoms with E-state index in [1.165, 1.54) is 6.07 Å². The van der Waals surface area contributed by atoms with E-state index >= 15 is 0 Å². The molecular formula is C17H18BrClFNO2. The molecule has 0 heterocycles. The van der Waals surface area contributed by atoms with Gasteiger partial charge in [-0.05, 0) is 52.3 Å². The van der Waals surface area contributed by atoms with Crippen molar-refractivity contribution in [1.29, 1.82) is 0 Å². The molecule has 2 aromatic carbocycles. The third kappa shape index (κ3) is 4.59. The highest BCUT2D eigenvalue weighted by Crippen LogP contribution is 2.37. The Hall–Kier alpha value is -1.30. The zero-order valence-electron chi connectivity index (χ0n) is 13.0. The van der Waals surface area contributed by atoms with E-state index in [0.29, 0.717) is 22.1 Å². The van der Waals surface area contributed by atoms with Gasteiger partial charge in [0, 0.05) is 12.1 Å². The van der Waals surface area contributed by atoms with Gasteiger partial charge in [0.15, 0.2) is 11.5 Å². The summed E-state index contributed by atoms with van der Waals surface area (Å²) in [5, 5.41) is 3.59. The molecule has 2 rings (SSSR count). The van der Waals surface area contributed by atoms with E-state index in [1.54, 1.807) is 19.2 Å². The second kappa shape index (κ2) is 8.52. The van der Waals surface area contributed by atoms with Gasteiger partial charge in [0.2, 0.25) is 0 Å². The van der Waals surface area contributed by atoms with Gasteiger partial charge in [-0.3, -0.25) is 0 Å². The van der Waals surface area contributed by atoms with Crippen LogP contribution in [0, 0.1) is 5.82 Å². The normalized spacial score (nSPS) is 10.7. The average Bonchev–Trinajstić information content (AvgIpc) is 2.53. The Labute approximate surface area is 148 Å². The molecular weight excluding hydrogens is 385 g/mol. The minimum absolute atomic E-state index is 0.0209. The molecule has 6 heteroatoms. The van der Waals surface area contributed by atoms with E-state index in [-0.39, 0.29) is 6.61 Å². The van der Waals surface area contributed by atoms with E-state index in [1.807, 2.05) is 19.1 Å². The van der Waals surface area contributed by atoms with Gasteiger partial charge < -0.3 is 14.8 Å². The van der Waals surface area contributed by atoms with Gasteiger partial charge in [0.25, 0.3) is 0 Å². The maximum atomic E-state index is 13.8. The lowest BCUT2D eigenvalue weighted by Crippen LogP contribution is -2.12. The van der Waals surface area contributed by atoms with Crippen LogP contribution in [0.1, 0.15) is 18.1 Å². The van der Waals surface area contributed by atoms with Crippen molar-refractivity contribution in [1.82, 2.24) is 5.32 Å². The van der Waals surface area contributed by atoms with E-state index < -0.39 is 5.82 Å². The summed E-state index contributed by atoms with van der Waals surface area (Å²) in [4.78, 5) is 0. The molecule has 0 bridgehead atoms. The molecule has 0 amide bonds. The number of rotatable bonds is 7. The molecule has 2 aromatic rings. The van der Waals surface area contributed by atoms with Crippen LogP contribution in [-0.4, -0.2) is 13.7 Å². The monoisotopic (exact) mass is 401 g/mol. The molecule has 0 saturated heterocycles. The maximum Gasteiger partial charge on any atom is 0.175 e. The first-order chi connectivity index (χ1) is 11.1. The summed E-state index contributed by atoms with van der Waals surface area (Å²) in [7, 11) is 1.57. The van der Waals surface area contributed by atoms with Gasteiger partial charge >= 0.3 is 0 Å². The minimum atomic E-state index is -0.392. The molecule has 0 unspecified atom stereocenters. The fourth-order valence-electron chi connectivity index (χ4n) is 2.10. The summed E-state index contributed by atoms with van der Waals surface area (Å²) in [6, 6.07) is 8.40. The standard InChI is InChI=1S/C17H18BrClFNO2/c1-3-21-9-11-7-13(18)17(16(8-11)22-2)23-10-12-14(19)5-4-6-15(12)20/h4-8,21H,3,9-10H2,1-2H3. The summed E-state index contributed by atoms with van der Waals surface area (Å²) in [6.07, 6.45) is 0. The zero-order valence-corrected chi connectivity index (χ0v) is 15.3. The van der Waals surface area contributed by atoms with E-state index in [2.05, 4.69) is 21.2 Å². The van der Waals surface area contributed by atoms with Crippen molar-refractivity contribution in [2.24, 2.45) is 0 Å². The fraction of sp³-hybridized carbons (Fsp3) is 0.294. The molecule has 0 radical (unpaired) electrons. The molecule has 0 fully saturated rings. The topological polar surface area (TPSA) is 30.5 Å². The molecule has 23 heavy (non-hydrogen) atoms. The largest absolute Gasteiger partial charge is 0.493 e. The lowest BCUT2D eigenvalue weighted by Gasteiger charge is -2.15. The molecule has 0 aromatic heterocycles. The van der Waals surface area contributed by atoms with Crippen LogP contribution in [0.3, 0.4) is 0 Å². The Morgan fingerprint density at radius 3 is 2.74 bits per heavy atom. The summed E-state index contributed by atoms with van der Waals surface area (Å²) < 4.78 is 25.7. The smallest absolute Gasteiger partial charge is 0.175 e. The van der Waals surface area contributed by atoms with Crippen molar-refractivity contribution < 1.29 is 13.9 Å². The number of hydrogen-bond donors (Lipinski definition) is 1. The Bertz CT molecular complexity index is 662. The molecule has 0 aliphatic heterocycles. The summed E-state index contributed by atoms with van der Waals surface area (Å²) in [5.41, 5.74) is 1.38. The van der Waals surface area contributed by atoms with Crippen LogP contribution in [0.25, 0.3) is 0 Å². The van der Waals surface area contributed by atoms with Crippen molar-refractivity contribution in [2.75, 3.05) is 13.7 Å². The molecule has 3 nitrogen and oxygen atoms in total.